The van der Waals surface area contributed by atoms with E-state index in [1.165, 1.54) is 17.8 Å². The number of thiazole rings is 1. The van der Waals surface area contributed by atoms with Crippen molar-refractivity contribution in [3.8, 4) is 5.75 Å². The number of carbonyl (C=O) groups excluding carboxylic acids is 1. The molecule has 7 nitrogen and oxygen atoms in total. The SMILES string of the molecule is Cc1nc(COc2ccc(/C=C/C(=O)Nc3ccc(Sc4nncn4C)cc3)cc2)cs1. The summed E-state index contributed by atoms with van der Waals surface area (Å²) >= 11 is 3.12. The Morgan fingerprint density at radius 2 is 1.97 bits per heavy atom. The first-order chi connectivity index (χ1) is 15.5. The lowest BCUT2D eigenvalue weighted by Gasteiger charge is -2.05. The van der Waals surface area contributed by atoms with Gasteiger partial charge in [-0.25, -0.2) is 4.98 Å². The Bertz CT molecular complexity index is 1210. The Morgan fingerprint density at radius 1 is 1.19 bits per heavy atom. The van der Waals surface area contributed by atoms with Crippen molar-refractivity contribution in [1.29, 1.82) is 0 Å². The van der Waals surface area contributed by atoms with Crippen LogP contribution in [0.4, 0.5) is 5.69 Å². The fourth-order valence-electron chi connectivity index (χ4n) is 2.74. The molecule has 0 bridgehead atoms. The maximum atomic E-state index is 12.2. The van der Waals surface area contributed by atoms with E-state index in [0.29, 0.717) is 6.61 Å². The Kier molecular flexibility index (Phi) is 6.98. The smallest absolute Gasteiger partial charge is 0.248 e. The largest absolute Gasteiger partial charge is 0.487 e. The van der Waals surface area contributed by atoms with Gasteiger partial charge in [-0.3, -0.25) is 4.79 Å². The highest BCUT2D eigenvalue weighted by atomic mass is 32.2. The minimum atomic E-state index is -0.196. The summed E-state index contributed by atoms with van der Waals surface area (Å²) in [4.78, 5) is 17.6. The summed E-state index contributed by atoms with van der Waals surface area (Å²) in [6.07, 6.45) is 4.94. The van der Waals surface area contributed by atoms with Gasteiger partial charge in [0.25, 0.3) is 0 Å². The molecule has 0 aliphatic rings. The number of anilines is 1. The third kappa shape index (κ3) is 6.05. The fraction of sp³-hybridized carbons (Fsp3) is 0.130. The number of rotatable bonds is 8. The van der Waals surface area contributed by atoms with Crippen LogP contribution >= 0.6 is 23.1 Å². The number of amides is 1. The predicted molar refractivity (Wildman–Crippen MR) is 127 cm³/mol. The summed E-state index contributed by atoms with van der Waals surface area (Å²) in [6, 6.07) is 15.2. The van der Waals surface area contributed by atoms with E-state index in [1.807, 2.05) is 72.4 Å². The number of nitrogens with zero attached hydrogens (tertiary/aromatic N) is 4. The van der Waals surface area contributed by atoms with Crippen molar-refractivity contribution in [3.63, 3.8) is 0 Å². The van der Waals surface area contributed by atoms with E-state index in [2.05, 4.69) is 20.5 Å². The molecule has 1 N–H and O–H groups in total. The lowest BCUT2D eigenvalue weighted by Crippen LogP contribution is -2.07. The maximum Gasteiger partial charge on any atom is 0.248 e. The van der Waals surface area contributed by atoms with Gasteiger partial charge in [-0.2, -0.15) is 0 Å². The number of carbonyl (C=O) groups is 1. The molecule has 1 amide bonds. The van der Waals surface area contributed by atoms with Gasteiger partial charge in [-0.15, -0.1) is 21.5 Å². The van der Waals surface area contributed by atoms with Gasteiger partial charge in [0.2, 0.25) is 5.91 Å². The van der Waals surface area contributed by atoms with Gasteiger partial charge < -0.3 is 14.6 Å². The van der Waals surface area contributed by atoms with Crippen molar-refractivity contribution < 1.29 is 9.53 Å². The number of aromatic nitrogens is 4. The topological polar surface area (TPSA) is 81.9 Å². The molecule has 0 atom stereocenters. The van der Waals surface area contributed by atoms with Gasteiger partial charge in [-0.05, 0) is 66.7 Å². The van der Waals surface area contributed by atoms with E-state index >= 15 is 0 Å². The van der Waals surface area contributed by atoms with Crippen LogP contribution < -0.4 is 10.1 Å². The summed E-state index contributed by atoms with van der Waals surface area (Å²) < 4.78 is 7.60. The average molecular weight is 464 g/mol. The van der Waals surface area contributed by atoms with Crippen molar-refractivity contribution in [1.82, 2.24) is 19.7 Å². The molecule has 0 radical (unpaired) electrons. The van der Waals surface area contributed by atoms with Crippen LogP contribution in [0.25, 0.3) is 6.08 Å². The number of ether oxygens (including phenoxy) is 1. The van der Waals surface area contributed by atoms with E-state index in [1.54, 1.807) is 23.7 Å². The van der Waals surface area contributed by atoms with E-state index in [4.69, 9.17) is 4.74 Å². The zero-order chi connectivity index (χ0) is 22.3. The van der Waals surface area contributed by atoms with Crippen molar-refractivity contribution in [2.45, 2.75) is 23.6 Å². The molecule has 4 rings (SSSR count). The van der Waals surface area contributed by atoms with E-state index in [0.717, 1.165) is 37.8 Å². The van der Waals surface area contributed by atoms with Crippen molar-refractivity contribution in [2.75, 3.05) is 5.32 Å². The zero-order valence-corrected chi connectivity index (χ0v) is 19.2. The number of benzene rings is 2. The third-order valence-electron chi connectivity index (χ3n) is 4.36. The third-order valence-corrected chi connectivity index (χ3v) is 6.24. The van der Waals surface area contributed by atoms with Gasteiger partial charge in [-0.1, -0.05) is 12.1 Å². The molecule has 162 valence electrons. The molecule has 9 heteroatoms. The number of hydrogen-bond acceptors (Lipinski definition) is 7. The summed E-state index contributed by atoms with van der Waals surface area (Å²) in [5.74, 6) is 0.564. The van der Waals surface area contributed by atoms with Crippen LogP contribution in [0.1, 0.15) is 16.3 Å². The van der Waals surface area contributed by atoms with Gasteiger partial charge in [0, 0.05) is 29.1 Å². The van der Waals surface area contributed by atoms with Gasteiger partial charge >= 0.3 is 0 Å². The molecule has 0 spiro atoms. The quantitative estimate of drug-likeness (QED) is 0.372. The standard InChI is InChI=1S/C23H21N5O2S2/c1-16-25-19(14-31-16)13-30-20-8-3-17(4-9-20)5-12-22(29)26-18-6-10-21(11-7-18)32-23-27-24-15-28(23)2/h3-12,14-15H,13H2,1-2H3,(H,26,29)/b12-5+. The predicted octanol–water partition coefficient (Wildman–Crippen LogP) is 4.96. The Labute approximate surface area is 194 Å². The molecule has 2 aromatic carbocycles. The summed E-state index contributed by atoms with van der Waals surface area (Å²) in [7, 11) is 1.90. The molecule has 0 saturated carbocycles. The molecule has 2 heterocycles. The second kappa shape index (κ2) is 10.3. The monoisotopic (exact) mass is 463 g/mol. The minimum Gasteiger partial charge on any atom is -0.487 e. The molecule has 0 fully saturated rings. The second-order valence-electron chi connectivity index (χ2n) is 6.89. The molecular formula is C23H21N5O2S2. The Hall–Kier alpha value is -3.43. The summed E-state index contributed by atoms with van der Waals surface area (Å²) in [5, 5.41) is 14.6. The average Bonchev–Trinajstić information content (AvgIpc) is 3.40. The first kappa shape index (κ1) is 21.8. The molecule has 4 aromatic rings. The first-order valence-corrected chi connectivity index (χ1v) is 11.5. The molecule has 32 heavy (non-hydrogen) atoms. The Morgan fingerprint density at radius 3 is 2.62 bits per heavy atom. The van der Waals surface area contributed by atoms with Crippen LogP contribution in [0, 0.1) is 6.92 Å². The van der Waals surface area contributed by atoms with Gasteiger partial charge in [0.15, 0.2) is 5.16 Å². The van der Waals surface area contributed by atoms with Gasteiger partial charge in [0.1, 0.15) is 18.7 Å². The molecule has 0 aliphatic heterocycles. The number of nitrogens with one attached hydrogen (secondary N) is 1. The highest BCUT2D eigenvalue weighted by Gasteiger charge is 2.05. The minimum absolute atomic E-state index is 0.196. The van der Waals surface area contributed by atoms with Crippen LogP contribution in [-0.4, -0.2) is 25.7 Å². The Balaban J connectivity index is 1.27. The molecular weight excluding hydrogens is 442 g/mol. The second-order valence-corrected chi connectivity index (χ2v) is 8.99. The van der Waals surface area contributed by atoms with E-state index < -0.39 is 0 Å². The highest BCUT2D eigenvalue weighted by Crippen LogP contribution is 2.26. The molecule has 0 unspecified atom stereocenters. The van der Waals surface area contributed by atoms with Crippen molar-refractivity contribution in [2.24, 2.45) is 7.05 Å². The highest BCUT2D eigenvalue weighted by molar-refractivity contribution is 7.99. The molecule has 0 saturated heterocycles. The normalized spacial score (nSPS) is 11.1. The molecule has 0 aliphatic carbocycles. The summed E-state index contributed by atoms with van der Waals surface area (Å²) in [6.45, 7) is 2.42. The fourth-order valence-corrected chi connectivity index (χ4v) is 4.10. The van der Waals surface area contributed by atoms with Crippen molar-refractivity contribution >= 4 is 40.8 Å². The van der Waals surface area contributed by atoms with Crippen LogP contribution in [0.15, 0.2) is 76.4 Å². The zero-order valence-electron chi connectivity index (χ0n) is 17.6. The number of aryl methyl sites for hydroxylation is 2. The lowest BCUT2D eigenvalue weighted by molar-refractivity contribution is -0.111. The number of hydrogen-bond donors (Lipinski definition) is 1. The van der Waals surface area contributed by atoms with Crippen LogP contribution in [0.5, 0.6) is 5.75 Å². The van der Waals surface area contributed by atoms with E-state index in [9.17, 15) is 4.79 Å². The van der Waals surface area contributed by atoms with E-state index in [-0.39, 0.29) is 5.91 Å². The maximum absolute atomic E-state index is 12.2. The van der Waals surface area contributed by atoms with Crippen molar-refractivity contribution in [3.05, 3.63) is 82.6 Å². The summed E-state index contributed by atoms with van der Waals surface area (Å²) in [5.41, 5.74) is 2.56. The van der Waals surface area contributed by atoms with Crippen LogP contribution in [-0.2, 0) is 18.4 Å². The van der Waals surface area contributed by atoms with Crippen LogP contribution in [0.2, 0.25) is 0 Å². The van der Waals surface area contributed by atoms with Crippen LogP contribution in [0.3, 0.4) is 0 Å². The lowest BCUT2D eigenvalue weighted by atomic mass is 10.2. The van der Waals surface area contributed by atoms with Gasteiger partial charge in [0.05, 0.1) is 10.7 Å². The molecule has 2 aromatic heterocycles. The first-order valence-electron chi connectivity index (χ1n) is 9.80.